The van der Waals surface area contributed by atoms with E-state index in [4.69, 9.17) is 9.94 Å². The summed E-state index contributed by atoms with van der Waals surface area (Å²) >= 11 is 0. The molecule has 0 amide bonds. The first-order chi connectivity index (χ1) is 6.27. The van der Waals surface area contributed by atoms with Crippen LogP contribution in [0.15, 0.2) is 0 Å². The summed E-state index contributed by atoms with van der Waals surface area (Å²) in [5, 5.41) is 10.7. The predicted octanol–water partition coefficient (Wildman–Crippen LogP) is -0.325. The summed E-state index contributed by atoms with van der Waals surface area (Å²) in [6.07, 6.45) is 0.833. The lowest BCUT2D eigenvalue weighted by atomic mass is 10.5. The average Bonchev–Trinajstić information content (AvgIpc) is 2.18. The lowest BCUT2D eigenvalue weighted by molar-refractivity contribution is -0.832. The minimum Gasteiger partial charge on any atom is -0.379 e. The van der Waals surface area contributed by atoms with Gasteiger partial charge in [0.1, 0.15) is 4.91 Å². The van der Waals surface area contributed by atoms with Crippen molar-refractivity contribution in [2.24, 2.45) is 0 Å². The van der Waals surface area contributed by atoms with Crippen molar-refractivity contribution in [3.63, 3.8) is 0 Å². The summed E-state index contributed by atoms with van der Waals surface area (Å²) in [6, 6.07) is 0. The molecule has 3 N–H and O–H groups in total. The van der Waals surface area contributed by atoms with E-state index in [0.717, 1.165) is 32.7 Å². The Kier molecular flexibility index (Phi) is 8.59. The van der Waals surface area contributed by atoms with Crippen LogP contribution in [-0.4, -0.2) is 43.1 Å². The second kappa shape index (κ2) is 9.21. The molecule has 0 radical (unpaired) electrons. The monoisotopic (exact) mass is 192 g/mol. The van der Waals surface area contributed by atoms with E-state index >= 15 is 0 Å². The highest BCUT2D eigenvalue weighted by atomic mass is 16.7. The Bertz CT molecular complexity index is 117. The maximum atomic E-state index is 9.56. The zero-order valence-corrected chi connectivity index (χ0v) is 7.95. The molecule has 0 aliphatic carbocycles. The maximum absolute atomic E-state index is 9.56. The second-order valence-electron chi connectivity index (χ2n) is 2.54. The topological polar surface area (TPSA) is 73.6 Å². The normalized spacial score (nSPS) is 15.5. The van der Waals surface area contributed by atoms with E-state index in [2.05, 4.69) is 10.7 Å². The molecule has 1 heterocycles. The number of nitrogens with one attached hydrogen (secondary N) is 2. The molecule has 0 aromatic heterocycles. The smallest absolute Gasteiger partial charge is 0.354 e. The molecule has 0 unspecified atom stereocenters. The van der Waals surface area contributed by atoms with E-state index in [0.29, 0.717) is 6.54 Å². The quantitative estimate of drug-likeness (QED) is 0.534. The highest BCUT2D eigenvalue weighted by molar-refractivity contribution is 4.49. The molecule has 0 bridgehead atoms. The third kappa shape index (κ3) is 11.1. The number of hydrogen-bond acceptors (Lipinski definition) is 3. The first-order valence-corrected chi connectivity index (χ1v) is 4.45. The fraction of sp³-hybridized carbons (Fsp3) is 1.00. The molecule has 13 heavy (non-hydrogen) atoms. The van der Waals surface area contributed by atoms with Gasteiger partial charge in [0.05, 0.1) is 19.8 Å². The molecule has 1 fully saturated rings. The van der Waals surface area contributed by atoms with E-state index in [1.165, 1.54) is 0 Å². The van der Waals surface area contributed by atoms with E-state index in [-0.39, 0.29) is 5.03 Å². The Morgan fingerprint density at radius 1 is 1.54 bits per heavy atom. The van der Waals surface area contributed by atoms with Gasteiger partial charge in [0.2, 0.25) is 0 Å². The van der Waals surface area contributed by atoms with Gasteiger partial charge >= 0.3 is 5.03 Å². The van der Waals surface area contributed by atoms with Crippen LogP contribution in [0.1, 0.15) is 13.3 Å². The van der Waals surface area contributed by atoms with Gasteiger partial charge in [-0.2, -0.15) is 0 Å². The number of ether oxygens (including phenoxy) is 1. The lowest BCUT2D eigenvalue weighted by Crippen LogP contribution is -2.30. The summed E-state index contributed by atoms with van der Waals surface area (Å²) in [4.78, 5) is 9.56. The van der Waals surface area contributed by atoms with Crippen molar-refractivity contribution in [2.75, 3.05) is 32.8 Å². The Morgan fingerprint density at radius 3 is 2.31 bits per heavy atom. The molecule has 0 aromatic carbocycles. The predicted molar refractivity (Wildman–Crippen MR) is 47.4 cm³/mol. The van der Waals surface area contributed by atoms with E-state index in [9.17, 15) is 4.91 Å². The average molecular weight is 192 g/mol. The van der Waals surface area contributed by atoms with Crippen LogP contribution in [-0.2, 0) is 4.74 Å². The maximum Gasteiger partial charge on any atom is 0.354 e. The van der Waals surface area contributed by atoms with Crippen LogP contribution in [0.3, 0.4) is 0 Å². The van der Waals surface area contributed by atoms with Gasteiger partial charge in [0.15, 0.2) is 0 Å². The van der Waals surface area contributed by atoms with Crippen LogP contribution < -0.4 is 10.7 Å². The summed E-state index contributed by atoms with van der Waals surface area (Å²) in [6.45, 7) is 6.25. The van der Waals surface area contributed by atoms with Gasteiger partial charge in [0.25, 0.3) is 0 Å². The number of hydrazine groups is 1. The van der Waals surface area contributed by atoms with Gasteiger partial charge < -0.3 is 10.1 Å². The molecule has 0 saturated carbocycles. The number of morpholine rings is 1. The highest BCUT2D eigenvalue weighted by Gasteiger charge is 1.94. The fourth-order valence-corrected chi connectivity index (χ4v) is 0.723. The van der Waals surface area contributed by atoms with Crippen molar-refractivity contribution in [1.29, 1.82) is 0 Å². The molecule has 6 heteroatoms. The van der Waals surface area contributed by atoms with Crippen molar-refractivity contribution in [1.82, 2.24) is 10.7 Å². The minimum absolute atomic E-state index is 0.288. The van der Waals surface area contributed by atoms with Crippen LogP contribution >= 0.6 is 0 Å². The van der Waals surface area contributed by atoms with Crippen molar-refractivity contribution in [3.05, 3.63) is 4.91 Å². The van der Waals surface area contributed by atoms with Crippen LogP contribution in [0.2, 0.25) is 0 Å². The van der Waals surface area contributed by atoms with E-state index < -0.39 is 0 Å². The van der Waals surface area contributed by atoms with Crippen molar-refractivity contribution in [2.45, 2.75) is 13.3 Å². The van der Waals surface area contributed by atoms with Crippen molar-refractivity contribution < 1.29 is 15.0 Å². The van der Waals surface area contributed by atoms with E-state index in [1.54, 1.807) is 0 Å². The molecule has 1 aliphatic rings. The fourth-order valence-electron chi connectivity index (χ4n) is 0.723. The van der Waals surface area contributed by atoms with Gasteiger partial charge in [-0.25, -0.2) is 5.21 Å². The Balaban J connectivity index is 0.000000223. The third-order valence-corrected chi connectivity index (χ3v) is 1.34. The summed E-state index contributed by atoms with van der Waals surface area (Å²) in [5.74, 6) is 0. The molecule has 6 nitrogen and oxygen atoms in total. The standard InChI is InChI=1S/C4H9NO.C3H9N2O2/c1-3-6-4-2-5-1;1-2-3-4-5(6)7/h5H,1-4H2;4H,2-3H2,1H3,(H,6,7)/q;+1. The second-order valence-corrected chi connectivity index (χ2v) is 2.54. The highest BCUT2D eigenvalue weighted by Crippen LogP contribution is 1.76. The minimum atomic E-state index is -0.288. The number of nitrogens with zero attached hydrogens (tertiary/aromatic N) is 1. The van der Waals surface area contributed by atoms with Crippen molar-refractivity contribution >= 4 is 0 Å². The molecule has 1 aliphatic heterocycles. The van der Waals surface area contributed by atoms with Crippen LogP contribution in [0.5, 0.6) is 0 Å². The third-order valence-electron chi connectivity index (χ3n) is 1.34. The molecule has 0 atom stereocenters. The van der Waals surface area contributed by atoms with Crippen LogP contribution in [0.4, 0.5) is 0 Å². The summed E-state index contributed by atoms with van der Waals surface area (Å²) in [7, 11) is 0. The molecule has 0 aromatic rings. The SMILES string of the molecule is C1COCCN1.CCCN[N+](=O)O. The van der Waals surface area contributed by atoms with Gasteiger partial charge in [0, 0.05) is 13.1 Å². The molecule has 0 spiro atoms. The summed E-state index contributed by atoms with van der Waals surface area (Å²) < 4.78 is 5.01. The van der Waals surface area contributed by atoms with Crippen molar-refractivity contribution in [3.8, 4) is 0 Å². The van der Waals surface area contributed by atoms with Gasteiger partial charge in [-0.3, -0.25) is 0 Å². The number of hydrogen-bond donors (Lipinski definition) is 3. The molecular weight excluding hydrogens is 174 g/mol. The zero-order chi connectivity index (χ0) is 9.94. The molecular formula is C7H18N3O3+. The Morgan fingerprint density at radius 2 is 2.15 bits per heavy atom. The molecule has 78 valence electrons. The van der Waals surface area contributed by atoms with Crippen LogP contribution in [0, 0.1) is 4.91 Å². The first-order valence-electron chi connectivity index (χ1n) is 4.45. The van der Waals surface area contributed by atoms with Crippen LogP contribution in [0.25, 0.3) is 0 Å². The van der Waals surface area contributed by atoms with Gasteiger partial charge in [-0.1, -0.05) is 6.92 Å². The van der Waals surface area contributed by atoms with E-state index in [1.807, 2.05) is 6.92 Å². The Labute approximate surface area is 77.8 Å². The zero-order valence-electron chi connectivity index (χ0n) is 7.95. The first kappa shape index (κ1) is 12.1. The molecule has 1 saturated heterocycles. The largest absolute Gasteiger partial charge is 0.379 e. The summed E-state index contributed by atoms with van der Waals surface area (Å²) in [5.41, 5.74) is 2.13. The number of rotatable bonds is 3. The Hall–Kier alpha value is -0.880. The molecule has 1 rings (SSSR count). The lowest BCUT2D eigenvalue weighted by Gasteiger charge is -2.10. The van der Waals surface area contributed by atoms with Gasteiger partial charge in [-0.15, -0.1) is 5.43 Å². The van der Waals surface area contributed by atoms with Gasteiger partial charge in [-0.05, 0) is 6.42 Å².